The largest absolute Gasteiger partial charge is 0.300 e. The Morgan fingerprint density at radius 3 is 2.50 bits per heavy atom. The van der Waals surface area contributed by atoms with Crippen LogP contribution in [-0.2, 0) is 10.3 Å². The average Bonchev–Trinajstić information content (AvgIpc) is 2.42. The number of hydrogen-bond acceptors (Lipinski definition) is 2. The van der Waals surface area contributed by atoms with Crippen molar-refractivity contribution in [3.63, 3.8) is 0 Å². The van der Waals surface area contributed by atoms with Crippen molar-refractivity contribution in [1.29, 1.82) is 0 Å². The number of carbonyl (C=O) groups is 1. The van der Waals surface area contributed by atoms with Gasteiger partial charge in [0.1, 0.15) is 5.78 Å². The normalized spacial score (nSPS) is 27.1. The second-order valence-electron chi connectivity index (χ2n) is 6.09. The standard InChI is InChI=1S/C17H24ClNO/c1-4-5-13-12-17(19(2)3,11-10-16(13)20)14-6-8-15(18)9-7-14/h6-9,13H,4-5,10-12H2,1-3H3. The van der Waals surface area contributed by atoms with E-state index < -0.39 is 0 Å². The summed E-state index contributed by atoms with van der Waals surface area (Å²) in [6, 6.07) is 8.13. The molecule has 1 aromatic rings. The SMILES string of the molecule is CCCC1CC(c2ccc(Cl)cc2)(N(C)C)CCC1=O. The zero-order valence-corrected chi connectivity index (χ0v) is 13.4. The van der Waals surface area contributed by atoms with Crippen molar-refractivity contribution in [2.75, 3.05) is 14.1 Å². The van der Waals surface area contributed by atoms with Crippen molar-refractivity contribution in [2.24, 2.45) is 5.92 Å². The summed E-state index contributed by atoms with van der Waals surface area (Å²) < 4.78 is 0. The number of rotatable bonds is 4. The molecule has 0 radical (unpaired) electrons. The molecule has 0 heterocycles. The molecule has 3 heteroatoms. The number of nitrogens with zero attached hydrogens (tertiary/aromatic N) is 1. The van der Waals surface area contributed by atoms with Gasteiger partial charge < -0.3 is 0 Å². The average molecular weight is 294 g/mol. The van der Waals surface area contributed by atoms with Gasteiger partial charge in [0.05, 0.1) is 0 Å². The highest BCUT2D eigenvalue weighted by Crippen LogP contribution is 2.43. The zero-order valence-electron chi connectivity index (χ0n) is 12.7. The molecule has 1 aliphatic rings. The third-order valence-electron chi connectivity index (χ3n) is 4.70. The van der Waals surface area contributed by atoms with Gasteiger partial charge in [-0.25, -0.2) is 0 Å². The van der Waals surface area contributed by atoms with Gasteiger partial charge in [0.15, 0.2) is 0 Å². The molecule has 1 saturated carbocycles. The number of carbonyl (C=O) groups excluding carboxylic acids is 1. The second kappa shape index (κ2) is 6.28. The van der Waals surface area contributed by atoms with Gasteiger partial charge in [0, 0.05) is 22.9 Å². The number of benzene rings is 1. The molecule has 2 rings (SSSR count). The molecule has 20 heavy (non-hydrogen) atoms. The molecule has 2 nitrogen and oxygen atoms in total. The van der Waals surface area contributed by atoms with E-state index in [2.05, 4.69) is 38.1 Å². The number of hydrogen-bond donors (Lipinski definition) is 0. The molecule has 0 aliphatic heterocycles. The maximum atomic E-state index is 12.1. The Bertz CT molecular complexity index is 468. The molecule has 2 unspecified atom stereocenters. The first-order valence-corrected chi connectivity index (χ1v) is 7.83. The van der Waals surface area contributed by atoms with Gasteiger partial charge in [-0.05, 0) is 51.1 Å². The van der Waals surface area contributed by atoms with Crippen LogP contribution in [0.25, 0.3) is 0 Å². The molecule has 0 amide bonds. The first-order chi connectivity index (χ1) is 9.49. The van der Waals surface area contributed by atoms with Crippen LogP contribution in [0.2, 0.25) is 5.02 Å². The highest BCUT2D eigenvalue weighted by atomic mass is 35.5. The highest BCUT2D eigenvalue weighted by molar-refractivity contribution is 6.30. The predicted octanol–water partition coefficient (Wildman–Crippen LogP) is 4.27. The fraction of sp³-hybridized carbons (Fsp3) is 0.588. The van der Waals surface area contributed by atoms with Crippen LogP contribution >= 0.6 is 11.6 Å². The topological polar surface area (TPSA) is 20.3 Å². The Morgan fingerprint density at radius 1 is 1.30 bits per heavy atom. The smallest absolute Gasteiger partial charge is 0.136 e. The summed E-state index contributed by atoms with van der Waals surface area (Å²) in [6.07, 6.45) is 4.59. The first-order valence-electron chi connectivity index (χ1n) is 7.46. The third-order valence-corrected chi connectivity index (χ3v) is 4.95. The summed E-state index contributed by atoms with van der Waals surface area (Å²) in [5.41, 5.74) is 1.25. The van der Waals surface area contributed by atoms with Crippen molar-refractivity contribution in [3.8, 4) is 0 Å². The molecule has 2 atom stereocenters. The van der Waals surface area contributed by atoms with Gasteiger partial charge in [-0.2, -0.15) is 0 Å². The molecule has 0 aromatic heterocycles. The fourth-order valence-corrected chi connectivity index (χ4v) is 3.58. The van der Waals surface area contributed by atoms with E-state index in [0.717, 1.165) is 30.7 Å². The molecule has 0 bridgehead atoms. The maximum absolute atomic E-state index is 12.1. The Balaban J connectivity index is 2.35. The van der Waals surface area contributed by atoms with Crippen LogP contribution in [0.4, 0.5) is 0 Å². The molecular formula is C17H24ClNO. The van der Waals surface area contributed by atoms with E-state index in [1.807, 2.05) is 12.1 Å². The van der Waals surface area contributed by atoms with Crippen LogP contribution in [0.3, 0.4) is 0 Å². The van der Waals surface area contributed by atoms with E-state index in [1.54, 1.807) is 0 Å². The quantitative estimate of drug-likeness (QED) is 0.826. The van der Waals surface area contributed by atoms with Crippen LogP contribution < -0.4 is 0 Å². The lowest BCUT2D eigenvalue weighted by molar-refractivity contribution is -0.128. The van der Waals surface area contributed by atoms with E-state index in [0.29, 0.717) is 12.2 Å². The minimum Gasteiger partial charge on any atom is -0.300 e. The van der Waals surface area contributed by atoms with Crippen molar-refractivity contribution >= 4 is 17.4 Å². The summed E-state index contributed by atoms with van der Waals surface area (Å²) in [6.45, 7) is 2.15. The number of Topliss-reactive ketones (excluding diaryl/α,β-unsaturated/α-hetero) is 1. The fourth-order valence-electron chi connectivity index (χ4n) is 3.46. The Morgan fingerprint density at radius 2 is 1.95 bits per heavy atom. The lowest BCUT2D eigenvalue weighted by Crippen LogP contribution is -2.47. The molecule has 0 spiro atoms. The first kappa shape index (κ1) is 15.5. The third kappa shape index (κ3) is 2.91. The molecule has 0 saturated heterocycles. The lowest BCUT2D eigenvalue weighted by atomic mass is 9.69. The monoisotopic (exact) mass is 293 g/mol. The van der Waals surface area contributed by atoms with Crippen LogP contribution in [0.15, 0.2) is 24.3 Å². The van der Waals surface area contributed by atoms with Gasteiger partial charge in [-0.15, -0.1) is 0 Å². The van der Waals surface area contributed by atoms with Crippen molar-refractivity contribution in [1.82, 2.24) is 4.90 Å². The summed E-state index contributed by atoms with van der Waals surface area (Å²) in [7, 11) is 4.24. The van der Waals surface area contributed by atoms with E-state index in [4.69, 9.17) is 11.6 Å². The van der Waals surface area contributed by atoms with Gasteiger partial charge in [0.2, 0.25) is 0 Å². The van der Waals surface area contributed by atoms with E-state index >= 15 is 0 Å². The summed E-state index contributed by atoms with van der Waals surface area (Å²) >= 11 is 6.01. The Labute approximate surface area is 127 Å². The maximum Gasteiger partial charge on any atom is 0.136 e. The van der Waals surface area contributed by atoms with Gasteiger partial charge >= 0.3 is 0 Å². The van der Waals surface area contributed by atoms with Gasteiger partial charge in [-0.1, -0.05) is 37.1 Å². The Hall–Kier alpha value is -0.860. The molecule has 1 aliphatic carbocycles. The summed E-state index contributed by atoms with van der Waals surface area (Å²) in [4.78, 5) is 14.4. The number of ketones is 1. The predicted molar refractivity (Wildman–Crippen MR) is 84.1 cm³/mol. The van der Waals surface area contributed by atoms with Gasteiger partial charge in [-0.3, -0.25) is 9.69 Å². The Kier molecular flexibility index (Phi) is 4.87. The van der Waals surface area contributed by atoms with Crippen LogP contribution in [0.1, 0.15) is 44.6 Å². The molecule has 1 aromatic carbocycles. The van der Waals surface area contributed by atoms with E-state index in [-0.39, 0.29) is 11.5 Å². The van der Waals surface area contributed by atoms with Crippen molar-refractivity contribution < 1.29 is 4.79 Å². The second-order valence-corrected chi connectivity index (χ2v) is 6.53. The van der Waals surface area contributed by atoms with Gasteiger partial charge in [0.25, 0.3) is 0 Å². The van der Waals surface area contributed by atoms with Crippen molar-refractivity contribution in [2.45, 2.75) is 44.6 Å². The number of halogens is 1. The minimum atomic E-state index is -0.0294. The highest BCUT2D eigenvalue weighted by Gasteiger charge is 2.42. The van der Waals surface area contributed by atoms with Crippen LogP contribution in [-0.4, -0.2) is 24.8 Å². The molecular weight excluding hydrogens is 270 g/mol. The lowest BCUT2D eigenvalue weighted by Gasteiger charge is -2.45. The molecule has 0 N–H and O–H groups in total. The summed E-state index contributed by atoms with van der Waals surface area (Å²) in [5.74, 6) is 0.644. The molecule has 110 valence electrons. The van der Waals surface area contributed by atoms with Crippen molar-refractivity contribution in [3.05, 3.63) is 34.9 Å². The van der Waals surface area contributed by atoms with E-state index in [1.165, 1.54) is 5.56 Å². The summed E-state index contributed by atoms with van der Waals surface area (Å²) in [5, 5.41) is 0.764. The minimum absolute atomic E-state index is 0.0294. The van der Waals surface area contributed by atoms with Crippen LogP contribution in [0.5, 0.6) is 0 Å². The zero-order chi connectivity index (χ0) is 14.8. The molecule has 1 fully saturated rings. The van der Waals surface area contributed by atoms with Crippen LogP contribution in [0, 0.1) is 5.92 Å². The van der Waals surface area contributed by atoms with E-state index in [9.17, 15) is 4.79 Å².